The maximum atomic E-state index is 13.7. The summed E-state index contributed by atoms with van der Waals surface area (Å²) in [5, 5.41) is 13.3. The third-order valence-electron chi connectivity index (χ3n) is 2.55. The first-order valence-electron chi connectivity index (χ1n) is 6.04. The van der Waals surface area contributed by atoms with Crippen molar-refractivity contribution in [3.8, 4) is 0 Å². The van der Waals surface area contributed by atoms with E-state index in [1.807, 2.05) is 0 Å². The number of hydrogen-bond acceptors (Lipinski definition) is 3. The van der Waals surface area contributed by atoms with Crippen LogP contribution in [-0.2, 0) is 9.59 Å². The van der Waals surface area contributed by atoms with Crippen LogP contribution < -0.4 is 10.6 Å². The molecular weight excluding hydrogens is 270 g/mol. The highest BCUT2D eigenvalue weighted by molar-refractivity contribution is 5.79. The average Bonchev–Trinajstić information content (AvgIpc) is 2.35. The molecule has 0 saturated carbocycles. The fourth-order valence-corrected chi connectivity index (χ4v) is 1.77. The van der Waals surface area contributed by atoms with Crippen LogP contribution >= 0.6 is 0 Å². The molecule has 0 aliphatic carbocycles. The van der Waals surface area contributed by atoms with E-state index < -0.39 is 29.5 Å². The monoisotopic (exact) mass is 286 g/mol. The van der Waals surface area contributed by atoms with Gasteiger partial charge in [-0.25, -0.2) is 8.78 Å². The van der Waals surface area contributed by atoms with Crippen molar-refractivity contribution in [1.29, 1.82) is 0 Å². The van der Waals surface area contributed by atoms with Crippen LogP contribution in [0.2, 0.25) is 0 Å². The average molecular weight is 286 g/mol. The van der Waals surface area contributed by atoms with E-state index in [1.165, 1.54) is 13.0 Å². The Morgan fingerprint density at radius 1 is 1.30 bits per heavy atom. The molecule has 5 nitrogen and oxygen atoms in total. The number of hydrogen-bond donors (Lipinski definition) is 3. The Morgan fingerprint density at radius 2 is 1.90 bits per heavy atom. The van der Waals surface area contributed by atoms with Crippen LogP contribution in [0.25, 0.3) is 0 Å². The summed E-state index contributed by atoms with van der Waals surface area (Å²) >= 11 is 0. The Labute approximate surface area is 115 Å². The third kappa shape index (κ3) is 4.58. The standard InChI is InChI=1S/C13H16F2N2O3/c1-8(19)17-11(7-12(20)16-5-6-18)13-9(14)3-2-4-10(13)15/h2-4,11,18H,5-7H2,1H3,(H,16,20)(H,17,19). The summed E-state index contributed by atoms with van der Waals surface area (Å²) < 4.78 is 27.4. The van der Waals surface area contributed by atoms with E-state index in [9.17, 15) is 18.4 Å². The van der Waals surface area contributed by atoms with Gasteiger partial charge in [0.15, 0.2) is 0 Å². The molecule has 0 aromatic heterocycles. The number of carbonyl (C=O) groups excluding carboxylic acids is 2. The second kappa shape index (κ2) is 7.54. The summed E-state index contributed by atoms with van der Waals surface area (Å²) in [5.41, 5.74) is -0.359. The van der Waals surface area contributed by atoms with Crippen LogP contribution in [0.15, 0.2) is 18.2 Å². The first kappa shape index (κ1) is 16.0. The Kier molecular flexibility index (Phi) is 6.05. The molecule has 0 fully saturated rings. The fourth-order valence-electron chi connectivity index (χ4n) is 1.77. The van der Waals surface area contributed by atoms with E-state index in [0.29, 0.717) is 0 Å². The van der Waals surface area contributed by atoms with Crippen molar-refractivity contribution in [1.82, 2.24) is 10.6 Å². The van der Waals surface area contributed by atoms with Gasteiger partial charge in [-0.2, -0.15) is 0 Å². The third-order valence-corrected chi connectivity index (χ3v) is 2.55. The minimum atomic E-state index is -1.10. The van der Waals surface area contributed by atoms with Crippen LogP contribution in [0, 0.1) is 11.6 Å². The second-order valence-electron chi connectivity index (χ2n) is 4.17. The number of aliphatic hydroxyl groups excluding tert-OH is 1. The zero-order valence-corrected chi connectivity index (χ0v) is 11.0. The molecule has 0 radical (unpaired) electrons. The Balaban J connectivity index is 2.94. The Bertz CT molecular complexity index is 474. The van der Waals surface area contributed by atoms with Gasteiger partial charge in [-0.05, 0) is 12.1 Å². The predicted molar refractivity (Wildman–Crippen MR) is 67.6 cm³/mol. The molecule has 3 N–H and O–H groups in total. The number of aliphatic hydroxyl groups is 1. The zero-order chi connectivity index (χ0) is 15.1. The van der Waals surface area contributed by atoms with Crippen molar-refractivity contribution in [2.75, 3.05) is 13.2 Å². The molecule has 0 saturated heterocycles. The normalized spacial score (nSPS) is 11.8. The second-order valence-corrected chi connectivity index (χ2v) is 4.17. The highest BCUT2D eigenvalue weighted by Crippen LogP contribution is 2.23. The maximum absolute atomic E-state index is 13.7. The number of rotatable bonds is 6. The summed E-state index contributed by atoms with van der Waals surface area (Å²) in [5.74, 6) is -2.70. The van der Waals surface area contributed by atoms with Crippen LogP contribution in [0.4, 0.5) is 8.78 Å². The maximum Gasteiger partial charge on any atom is 0.222 e. The Morgan fingerprint density at radius 3 is 2.40 bits per heavy atom. The molecular formula is C13H16F2N2O3. The molecule has 1 atom stereocenters. The van der Waals surface area contributed by atoms with Gasteiger partial charge in [0.2, 0.25) is 11.8 Å². The van der Waals surface area contributed by atoms with Gasteiger partial charge in [-0.15, -0.1) is 0 Å². The lowest BCUT2D eigenvalue weighted by atomic mass is 10.0. The molecule has 7 heteroatoms. The smallest absolute Gasteiger partial charge is 0.222 e. The minimum absolute atomic E-state index is 0.0331. The van der Waals surface area contributed by atoms with Gasteiger partial charge in [0, 0.05) is 19.0 Å². The van der Waals surface area contributed by atoms with Gasteiger partial charge < -0.3 is 15.7 Å². The van der Waals surface area contributed by atoms with Crippen molar-refractivity contribution >= 4 is 11.8 Å². The predicted octanol–water partition coefficient (Wildman–Crippen LogP) is 0.641. The summed E-state index contributed by atoms with van der Waals surface area (Å²) in [6.07, 6.45) is -0.322. The lowest BCUT2D eigenvalue weighted by Crippen LogP contribution is -2.34. The fraction of sp³-hybridized carbons (Fsp3) is 0.385. The van der Waals surface area contributed by atoms with Gasteiger partial charge in [0.1, 0.15) is 11.6 Å². The molecule has 20 heavy (non-hydrogen) atoms. The SMILES string of the molecule is CC(=O)NC(CC(=O)NCCO)c1c(F)cccc1F. The van der Waals surface area contributed by atoms with Gasteiger partial charge >= 0.3 is 0 Å². The van der Waals surface area contributed by atoms with E-state index >= 15 is 0 Å². The number of nitrogens with one attached hydrogen (secondary N) is 2. The highest BCUT2D eigenvalue weighted by atomic mass is 19.1. The first-order valence-corrected chi connectivity index (χ1v) is 6.04. The lowest BCUT2D eigenvalue weighted by molar-refractivity contribution is -0.123. The molecule has 0 bridgehead atoms. The van der Waals surface area contributed by atoms with Crippen LogP contribution in [0.1, 0.15) is 24.9 Å². The van der Waals surface area contributed by atoms with Crippen molar-refractivity contribution in [2.45, 2.75) is 19.4 Å². The summed E-state index contributed by atoms with van der Waals surface area (Å²) in [6.45, 7) is 0.980. The molecule has 2 amide bonds. The lowest BCUT2D eigenvalue weighted by Gasteiger charge is -2.19. The van der Waals surface area contributed by atoms with Crippen LogP contribution in [-0.4, -0.2) is 30.1 Å². The molecule has 0 aliphatic rings. The Hall–Kier alpha value is -2.02. The van der Waals surface area contributed by atoms with Crippen molar-refractivity contribution in [3.63, 3.8) is 0 Å². The molecule has 1 aromatic rings. The van der Waals surface area contributed by atoms with E-state index in [-0.39, 0.29) is 25.1 Å². The first-order chi connectivity index (χ1) is 9.45. The molecule has 1 unspecified atom stereocenters. The van der Waals surface area contributed by atoms with Gasteiger partial charge in [-0.1, -0.05) is 6.07 Å². The van der Waals surface area contributed by atoms with Crippen LogP contribution in [0.5, 0.6) is 0 Å². The van der Waals surface area contributed by atoms with Crippen molar-refractivity contribution in [3.05, 3.63) is 35.4 Å². The summed E-state index contributed by atoms with van der Waals surface area (Å²) in [7, 11) is 0. The molecule has 1 rings (SSSR count). The van der Waals surface area contributed by atoms with E-state index in [4.69, 9.17) is 5.11 Å². The number of halogens is 2. The van der Waals surface area contributed by atoms with Gasteiger partial charge in [0.25, 0.3) is 0 Å². The number of amides is 2. The van der Waals surface area contributed by atoms with Crippen LogP contribution in [0.3, 0.4) is 0 Å². The molecule has 0 aliphatic heterocycles. The van der Waals surface area contributed by atoms with E-state index in [2.05, 4.69) is 10.6 Å². The number of carbonyl (C=O) groups is 2. The van der Waals surface area contributed by atoms with Crippen molar-refractivity contribution < 1.29 is 23.5 Å². The van der Waals surface area contributed by atoms with E-state index in [1.54, 1.807) is 0 Å². The quantitative estimate of drug-likeness (QED) is 0.718. The molecule has 110 valence electrons. The zero-order valence-electron chi connectivity index (χ0n) is 11.0. The summed E-state index contributed by atoms with van der Waals surface area (Å²) in [4.78, 5) is 22.7. The van der Waals surface area contributed by atoms with Gasteiger partial charge in [-0.3, -0.25) is 9.59 Å². The summed E-state index contributed by atoms with van der Waals surface area (Å²) in [6, 6.07) is 2.20. The van der Waals surface area contributed by atoms with Gasteiger partial charge in [0.05, 0.1) is 19.1 Å². The topological polar surface area (TPSA) is 78.4 Å². The molecule has 1 aromatic carbocycles. The molecule has 0 heterocycles. The largest absolute Gasteiger partial charge is 0.395 e. The number of benzene rings is 1. The highest BCUT2D eigenvalue weighted by Gasteiger charge is 2.23. The van der Waals surface area contributed by atoms with Crippen molar-refractivity contribution in [2.24, 2.45) is 0 Å². The van der Waals surface area contributed by atoms with E-state index in [0.717, 1.165) is 12.1 Å². The molecule has 0 spiro atoms. The minimum Gasteiger partial charge on any atom is -0.395 e.